The van der Waals surface area contributed by atoms with Gasteiger partial charge in [-0.3, -0.25) is 0 Å². The van der Waals surface area contributed by atoms with E-state index in [1.54, 1.807) is 0 Å². The van der Waals surface area contributed by atoms with Crippen LogP contribution in [0.15, 0.2) is 0 Å². The monoisotopic (exact) mass is 242 g/mol. The zero-order valence-electron chi connectivity index (χ0n) is 8.77. The molecule has 0 aromatic heterocycles. The fraction of sp³-hybridized carbons (Fsp3) is 1.00. The second-order valence-corrected chi connectivity index (χ2v) is 16.1. The fourth-order valence-electron chi connectivity index (χ4n) is 1.18. The van der Waals surface area contributed by atoms with Gasteiger partial charge in [0.05, 0.1) is 0 Å². The molecule has 0 N–H and O–H groups in total. The van der Waals surface area contributed by atoms with Crippen LogP contribution in [-0.2, 0) is 8.23 Å². The third kappa shape index (κ3) is 7.51. The third-order valence-corrected chi connectivity index (χ3v) is 9.77. The van der Waals surface area contributed by atoms with Crippen LogP contribution in [0.3, 0.4) is 0 Å². The summed E-state index contributed by atoms with van der Waals surface area (Å²) in [4.78, 5) is 0. The van der Waals surface area contributed by atoms with Gasteiger partial charge >= 0.3 is 8.56 Å². The van der Waals surface area contributed by atoms with Gasteiger partial charge in [0.2, 0.25) is 0 Å². The lowest BCUT2D eigenvalue weighted by Crippen LogP contribution is -2.46. The Morgan fingerprint density at radius 1 is 1.08 bits per heavy atom. The van der Waals surface area contributed by atoms with Crippen LogP contribution in [0.4, 0.5) is 0 Å². The highest BCUT2D eigenvalue weighted by molar-refractivity contribution is 7.17. The summed E-state index contributed by atoms with van der Waals surface area (Å²) in [6.07, 6.45) is 0. The standard InChI is InChI=1S/C6H19ClO2Si3/c1-10(2)8-12(5,6)9-11(3,4)7/h10H,1-6H3. The minimum atomic E-state index is -1.93. The van der Waals surface area contributed by atoms with Crippen molar-refractivity contribution in [3.05, 3.63) is 0 Å². The molecule has 2 nitrogen and oxygen atoms in total. The van der Waals surface area contributed by atoms with Crippen LogP contribution in [0.2, 0.25) is 39.3 Å². The van der Waals surface area contributed by atoms with Gasteiger partial charge < -0.3 is 8.23 Å². The van der Waals surface area contributed by atoms with Crippen LogP contribution in [0.1, 0.15) is 0 Å². The molecule has 0 saturated heterocycles. The van der Waals surface area contributed by atoms with Gasteiger partial charge in [0.1, 0.15) is 0 Å². The highest BCUT2D eigenvalue weighted by atomic mass is 35.6. The Bertz CT molecular complexity index is 144. The van der Waals surface area contributed by atoms with Crippen LogP contribution in [0.5, 0.6) is 0 Å². The molecule has 0 aromatic rings. The van der Waals surface area contributed by atoms with Gasteiger partial charge in [0.25, 0.3) is 7.63 Å². The first-order valence-corrected chi connectivity index (χ1v) is 13.7. The normalized spacial score (nSPS) is 14.0. The van der Waals surface area contributed by atoms with E-state index in [9.17, 15) is 0 Å². The lowest BCUT2D eigenvalue weighted by Gasteiger charge is -2.30. The summed E-state index contributed by atoms with van der Waals surface area (Å²) in [6, 6.07) is 0. The van der Waals surface area contributed by atoms with Crippen molar-refractivity contribution < 1.29 is 8.23 Å². The largest absolute Gasteiger partial charge is 0.440 e. The summed E-state index contributed by atoms with van der Waals surface area (Å²) >= 11 is 6.09. The number of rotatable bonds is 4. The topological polar surface area (TPSA) is 18.5 Å². The Balaban J connectivity index is 4.04. The van der Waals surface area contributed by atoms with Crippen LogP contribution in [0, 0.1) is 0 Å². The van der Waals surface area contributed by atoms with Crippen molar-refractivity contribution in [1.82, 2.24) is 0 Å². The van der Waals surface area contributed by atoms with Crippen molar-refractivity contribution >= 4 is 36.3 Å². The second kappa shape index (κ2) is 4.39. The molecule has 0 unspecified atom stereocenters. The molecule has 0 amide bonds. The first kappa shape index (κ1) is 12.9. The Morgan fingerprint density at radius 2 is 1.50 bits per heavy atom. The minimum absolute atomic E-state index is 0.985. The molecule has 0 radical (unpaired) electrons. The molecule has 6 heteroatoms. The molecule has 0 bridgehead atoms. The smallest absolute Gasteiger partial charge is 0.311 e. The predicted octanol–water partition coefficient (Wildman–Crippen LogP) is 2.65. The molecule has 0 rings (SSSR count). The van der Waals surface area contributed by atoms with Crippen LogP contribution < -0.4 is 0 Å². The van der Waals surface area contributed by atoms with E-state index in [1.807, 2.05) is 13.1 Å². The maximum absolute atomic E-state index is 6.09. The first-order chi connectivity index (χ1) is 5.12. The summed E-state index contributed by atoms with van der Waals surface area (Å²) in [6.45, 7) is 12.4. The van der Waals surface area contributed by atoms with Gasteiger partial charge in [0, 0.05) is 0 Å². The summed E-state index contributed by atoms with van der Waals surface area (Å²) in [5.74, 6) is 0. The van der Waals surface area contributed by atoms with E-state index in [-0.39, 0.29) is 0 Å². The molecule has 0 aliphatic rings. The predicted molar refractivity (Wildman–Crippen MR) is 61.9 cm³/mol. The average Bonchev–Trinajstić information content (AvgIpc) is 1.48. The SMILES string of the molecule is C[SiH](C)O[Si](C)(C)O[Si](C)(C)Cl. The van der Waals surface area contributed by atoms with Gasteiger partial charge in [0.15, 0.2) is 9.04 Å². The van der Waals surface area contributed by atoms with Crippen molar-refractivity contribution in [1.29, 1.82) is 0 Å². The molecule has 12 heavy (non-hydrogen) atoms. The van der Waals surface area contributed by atoms with Crippen molar-refractivity contribution in [2.45, 2.75) is 39.3 Å². The Kier molecular flexibility index (Phi) is 4.70. The maximum Gasteiger partial charge on any atom is 0.311 e. The van der Waals surface area contributed by atoms with E-state index in [0.29, 0.717) is 0 Å². The van der Waals surface area contributed by atoms with Crippen molar-refractivity contribution in [2.24, 2.45) is 0 Å². The summed E-state index contributed by atoms with van der Waals surface area (Å²) < 4.78 is 11.6. The van der Waals surface area contributed by atoms with Crippen molar-refractivity contribution in [2.75, 3.05) is 0 Å². The lowest BCUT2D eigenvalue weighted by molar-refractivity contribution is 0.411. The highest BCUT2D eigenvalue weighted by Gasteiger charge is 2.33. The summed E-state index contributed by atoms with van der Waals surface area (Å²) in [7, 11) is -4.82. The van der Waals surface area contributed by atoms with Crippen LogP contribution in [-0.4, -0.2) is 25.2 Å². The van der Waals surface area contributed by atoms with E-state index in [0.717, 1.165) is 0 Å². The van der Waals surface area contributed by atoms with Gasteiger partial charge in [-0.2, -0.15) is 0 Å². The Hall–Kier alpha value is 0.861. The minimum Gasteiger partial charge on any atom is -0.440 e. The molecular formula is C6H19ClO2Si3. The van der Waals surface area contributed by atoms with E-state index < -0.39 is 25.2 Å². The number of hydrogen-bond donors (Lipinski definition) is 0. The zero-order chi connectivity index (χ0) is 9.99. The fourth-order valence-corrected chi connectivity index (χ4v) is 12.7. The van der Waals surface area contributed by atoms with Gasteiger partial charge in [-0.1, -0.05) is 0 Å². The molecule has 0 aromatic carbocycles. The van der Waals surface area contributed by atoms with Crippen molar-refractivity contribution in [3.8, 4) is 0 Å². The van der Waals surface area contributed by atoms with Gasteiger partial charge in [-0.25, -0.2) is 0 Å². The summed E-state index contributed by atoms with van der Waals surface area (Å²) in [5, 5.41) is 0. The molecule has 0 fully saturated rings. The average molecular weight is 243 g/mol. The van der Waals surface area contributed by atoms with E-state index >= 15 is 0 Å². The van der Waals surface area contributed by atoms with E-state index in [4.69, 9.17) is 19.3 Å². The molecule has 0 aliphatic carbocycles. The molecule has 0 aliphatic heterocycles. The lowest BCUT2D eigenvalue weighted by atomic mass is 11.9. The van der Waals surface area contributed by atoms with Crippen LogP contribution in [0.25, 0.3) is 0 Å². The highest BCUT2D eigenvalue weighted by Crippen LogP contribution is 2.18. The zero-order valence-corrected chi connectivity index (χ0v) is 12.7. The van der Waals surface area contributed by atoms with Crippen LogP contribution >= 0.6 is 11.1 Å². The molecule has 0 heterocycles. The number of halogens is 1. The molecule has 0 saturated carbocycles. The molecule has 74 valence electrons. The maximum atomic E-state index is 6.09. The summed E-state index contributed by atoms with van der Waals surface area (Å²) in [5.41, 5.74) is 0. The van der Waals surface area contributed by atoms with Crippen molar-refractivity contribution in [3.63, 3.8) is 0 Å². The quantitative estimate of drug-likeness (QED) is 0.558. The second-order valence-electron chi connectivity index (χ2n) is 4.03. The number of hydrogen-bond acceptors (Lipinski definition) is 2. The Morgan fingerprint density at radius 3 is 1.75 bits per heavy atom. The third-order valence-electron chi connectivity index (χ3n) is 1.01. The molecule has 0 spiro atoms. The molecule has 0 atom stereocenters. The van der Waals surface area contributed by atoms with Gasteiger partial charge in [-0.05, 0) is 39.3 Å². The van der Waals surface area contributed by atoms with E-state index in [1.165, 1.54) is 0 Å². The van der Waals surface area contributed by atoms with E-state index in [2.05, 4.69) is 26.2 Å². The Labute approximate surface area is 84.0 Å². The first-order valence-electron chi connectivity index (χ1n) is 4.19. The molecular weight excluding hydrogens is 224 g/mol. The van der Waals surface area contributed by atoms with Gasteiger partial charge in [-0.15, -0.1) is 11.1 Å².